The van der Waals surface area contributed by atoms with Crippen LogP contribution in [0.4, 0.5) is 0 Å². The van der Waals surface area contributed by atoms with Gasteiger partial charge in [-0.3, -0.25) is 0 Å². The number of aliphatic hydroxyl groups is 1. The molecular weight excluding hydrogens is 164 g/mol. The molecule has 0 heterocycles. The van der Waals surface area contributed by atoms with Gasteiger partial charge >= 0.3 is 0 Å². The minimum Gasteiger partial charge on any atom is -0.381 e. The smallest absolute Gasteiger partial charge is 0.137 e. The van der Waals surface area contributed by atoms with Crippen LogP contribution in [0.15, 0.2) is 0 Å². The van der Waals surface area contributed by atoms with Crippen LogP contribution in [-0.4, -0.2) is 19.3 Å². The summed E-state index contributed by atoms with van der Waals surface area (Å²) in [7, 11) is -1.30. The van der Waals surface area contributed by atoms with Crippen LogP contribution in [0.25, 0.3) is 0 Å². The molecule has 1 nitrogen and oxygen atoms in total. The Kier molecular flexibility index (Phi) is 5.28. The third-order valence-corrected chi connectivity index (χ3v) is 7.31. The highest BCUT2D eigenvalue weighted by Crippen LogP contribution is 2.18. The molecule has 0 rings (SSSR count). The van der Waals surface area contributed by atoms with Crippen molar-refractivity contribution >= 4 is 8.07 Å². The molecule has 0 aromatic heterocycles. The third-order valence-electron chi connectivity index (χ3n) is 2.58. The van der Waals surface area contributed by atoms with Gasteiger partial charge in [0.15, 0.2) is 0 Å². The van der Waals surface area contributed by atoms with Gasteiger partial charge in [-0.1, -0.05) is 26.7 Å². The van der Waals surface area contributed by atoms with E-state index in [1.807, 2.05) is 0 Å². The summed E-state index contributed by atoms with van der Waals surface area (Å²) in [6.07, 6.45) is -0.457. The quantitative estimate of drug-likeness (QED) is 0.527. The van der Waals surface area contributed by atoms with E-state index in [1.165, 1.54) is 18.1 Å². The van der Waals surface area contributed by atoms with Gasteiger partial charge in [0.05, 0.1) is 0 Å². The molecule has 2 heteroatoms. The van der Waals surface area contributed by atoms with Crippen molar-refractivity contribution in [1.29, 1.82) is 0 Å². The summed E-state index contributed by atoms with van der Waals surface area (Å²) in [6.45, 7) is 8.38. The minimum absolute atomic E-state index is 0.457. The van der Waals surface area contributed by atoms with Crippen molar-refractivity contribution in [1.82, 2.24) is 0 Å². The fraction of sp³-hybridized carbons (Fsp3) is 0.800. The van der Waals surface area contributed by atoms with E-state index < -0.39 is 14.2 Å². The first-order valence-corrected chi connectivity index (χ1v) is 7.43. The molecule has 0 aliphatic rings. The van der Waals surface area contributed by atoms with Crippen molar-refractivity contribution in [2.45, 2.75) is 51.9 Å². The lowest BCUT2D eigenvalue weighted by Crippen LogP contribution is -2.29. The fourth-order valence-electron chi connectivity index (χ4n) is 1.27. The molecule has 0 aliphatic carbocycles. The van der Waals surface area contributed by atoms with Crippen LogP contribution in [0.1, 0.15) is 27.7 Å². The molecule has 0 aromatic carbocycles. The standard InChI is InChI=1S/C10H20OSi/c1-5-12(6-2,7-3)9-8-10(4)11/h10-11H,5-7H2,1-4H3/t10-/m0/s1. The molecule has 0 amide bonds. The average Bonchev–Trinajstić information content (AvgIpc) is 2.08. The summed E-state index contributed by atoms with van der Waals surface area (Å²) in [4.78, 5) is 0. The lowest BCUT2D eigenvalue weighted by molar-refractivity contribution is 0.253. The first-order chi connectivity index (χ1) is 5.60. The zero-order chi connectivity index (χ0) is 9.61. The summed E-state index contributed by atoms with van der Waals surface area (Å²) in [5.41, 5.74) is 3.32. The minimum atomic E-state index is -1.30. The summed E-state index contributed by atoms with van der Waals surface area (Å²) >= 11 is 0. The van der Waals surface area contributed by atoms with Crippen LogP contribution < -0.4 is 0 Å². The monoisotopic (exact) mass is 184 g/mol. The second-order valence-electron chi connectivity index (χ2n) is 3.29. The summed E-state index contributed by atoms with van der Waals surface area (Å²) in [6, 6.07) is 3.62. The number of hydrogen-bond donors (Lipinski definition) is 1. The zero-order valence-corrected chi connectivity index (χ0v) is 9.65. The Morgan fingerprint density at radius 1 is 1.17 bits per heavy atom. The highest BCUT2D eigenvalue weighted by molar-refractivity contribution is 6.87. The third kappa shape index (κ3) is 3.42. The lowest BCUT2D eigenvalue weighted by atomic mass is 10.4. The van der Waals surface area contributed by atoms with Gasteiger partial charge in [0.1, 0.15) is 14.2 Å². The second kappa shape index (κ2) is 5.39. The molecule has 0 unspecified atom stereocenters. The number of rotatable bonds is 3. The van der Waals surface area contributed by atoms with Crippen LogP contribution in [0.3, 0.4) is 0 Å². The molecule has 0 radical (unpaired) electrons. The van der Waals surface area contributed by atoms with E-state index in [1.54, 1.807) is 6.92 Å². The molecule has 0 aliphatic heterocycles. The molecule has 1 N–H and O–H groups in total. The first kappa shape index (κ1) is 11.7. The maximum atomic E-state index is 9.05. The van der Waals surface area contributed by atoms with Crippen molar-refractivity contribution in [3.63, 3.8) is 0 Å². The normalized spacial score (nSPS) is 13.4. The summed E-state index contributed by atoms with van der Waals surface area (Å²) in [5.74, 6) is 2.91. The van der Waals surface area contributed by atoms with Crippen LogP contribution in [0.5, 0.6) is 0 Å². The van der Waals surface area contributed by atoms with Crippen LogP contribution >= 0.6 is 0 Å². The van der Waals surface area contributed by atoms with E-state index in [9.17, 15) is 0 Å². The topological polar surface area (TPSA) is 20.2 Å². The maximum absolute atomic E-state index is 9.05. The summed E-state index contributed by atoms with van der Waals surface area (Å²) in [5, 5.41) is 9.05. The Hall–Kier alpha value is -0.263. The molecule has 0 fully saturated rings. The van der Waals surface area contributed by atoms with Gasteiger partial charge in [-0.15, -0.1) is 5.54 Å². The van der Waals surface area contributed by atoms with E-state index >= 15 is 0 Å². The van der Waals surface area contributed by atoms with Crippen molar-refractivity contribution in [2.75, 3.05) is 0 Å². The van der Waals surface area contributed by atoms with E-state index in [-0.39, 0.29) is 0 Å². The largest absolute Gasteiger partial charge is 0.381 e. The Morgan fingerprint density at radius 3 is 1.83 bits per heavy atom. The number of aliphatic hydroxyl groups excluding tert-OH is 1. The van der Waals surface area contributed by atoms with Crippen molar-refractivity contribution < 1.29 is 5.11 Å². The average molecular weight is 184 g/mol. The Morgan fingerprint density at radius 2 is 1.58 bits per heavy atom. The molecule has 0 bridgehead atoms. The van der Waals surface area contributed by atoms with Crippen molar-refractivity contribution in [2.24, 2.45) is 0 Å². The van der Waals surface area contributed by atoms with Crippen LogP contribution in [0.2, 0.25) is 18.1 Å². The van der Waals surface area contributed by atoms with Gasteiger partial charge < -0.3 is 5.11 Å². The van der Waals surface area contributed by atoms with Crippen molar-refractivity contribution in [3.8, 4) is 11.5 Å². The molecule has 0 saturated carbocycles. The van der Waals surface area contributed by atoms with Gasteiger partial charge in [0.2, 0.25) is 0 Å². The second-order valence-corrected chi connectivity index (χ2v) is 8.22. The maximum Gasteiger partial charge on any atom is 0.137 e. The van der Waals surface area contributed by atoms with Crippen LogP contribution in [-0.2, 0) is 0 Å². The molecule has 1 atom stereocenters. The van der Waals surface area contributed by atoms with Crippen molar-refractivity contribution in [3.05, 3.63) is 0 Å². The Bertz CT molecular complexity index is 164. The summed E-state index contributed by atoms with van der Waals surface area (Å²) < 4.78 is 0. The van der Waals surface area contributed by atoms with E-state index in [2.05, 4.69) is 32.2 Å². The lowest BCUT2D eigenvalue weighted by Gasteiger charge is -2.20. The Balaban J connectivity index is 4.43. The Labute approximate surface area is 77.2 Å². The fourth-order valence-corrected chi connectivity index (χ4v) is 3.82. The molecule has 70 valence electrons. The first-order valence-electron chi connectivity index (χ1n) is 4.81. The highest BCUT2D eigenvalue weighted by Gasteiger charge is 2.24. The van der Waals surface area contributed by atoms with Gasteiger partial charge in [-0.2, -0.15) is 0 Å². The SMILES string of the molecule is CC[Si](C#C[C@H](C)O)(CC)CC. The molecule has 0 aromatic rings. The van der Waals surface area contributed by atoms with Gasteiger partial charge in [-0.05, 0) is 25.1 Å². The molecule has 0 saturated heterocycles. The molecular formula is C10H20OSi. The zero-order valence-electron chi connectivity index (χ0n) is 8.65. The van der Waals surface area contributed by atoms with Gasteiger partial charge in [-0.25, -0.2) is 0 Å². The van der Waals surface area contributed by atoms with E-state index in [4.69, 9.17) is 5.11 Å². The van der Waals surface area contributed by atoms with Gasteiger partial charge in [0, 0.05) is 0 Å². The van der Waals surface area contributed by atoms with Gasteiger partial charge in [0.25, 0.3) is 0 Å². The molecule has 0 spiro atoms. The molecule has 12 heavy (non-hydrogen) atoms. The highest BCUT2D eigenvalue weighted by atomic mass is 28.3. The van der Waals surface area contributed by atoms with E-state index in [0.717, 1.165) is 0 Å². The van der Waals surface area contributed by atoms with E-state index in [0.29, 0.717) is 0 Å². The number of hydrogen-bond acceptors (Lipinski definition) is 1. The predicted molar refractivity (Wildman–Crippen MR) is 56.7 cm³/mol. The predicted octanol–water partition coefficient (Wildman–Crippen LogP) is 2.42. The van der Waals surface area contributed by atoms with Crippen LogP contribution in [0, 0.1) is 11.5 Å².